The van der Waals surface area contributed by atoms with Gasteiger partial charge in [0.15, 0.2) is 0 Å². The average Bonchev–Trinajstić information content (AvgIpc) is 3.20. The van der Waals surface area contributed by atoms with Crippen LogP contribution >= 0.6 is 0 Å². The van der Waals surface area contributed by atoms with Crippen LogP contribution in [0.25, 0.3) is 0 Å². The molecule has 0 aromatic heterocycles. The van der Waals surface area contributed by atoms with Gasteiger partial charge in [0.25, 0.3) is 0 Å². The van der Waals surface area contributed by atoms with Gasteiger partial charge in [0.2, 0.25) is 5.91 Å². The highest BCUT2D eigenvalue weighted by atomic mass is 16.5. The molecule has 0 radical (unpaired) electrons. The van der Waals surface area contributed by atoms with Gasteiger partial charge in [0, 0.05) is 12.8 Å². The maximum absolute atomic E-state index is 12.3. The second-order valence-electron chi connectivity index (χ2n) is 16.1. The first kappa shape index (κ1) is 53.8. The molecule has 6 nitrogen and oxygen atoms in total. The minimum atomic E-state index is -0.879. The van der Waals surface area contributed by atoms with Gasteiger partial charge in [-0.3, -0.25) is 9.59 Å². The normalized spacial score (nSPS) is 13.1. The molecule has 0 rings (SSSR count). The van der Waals surface area contributed by atoms with E-state index in [2.05, 4.69) is 49.5 Å². The lowest BCUT2D eigenvalue weighted by Crippen LogP contribution is -2.45. The number of nitrogens with one attached hydrogen (secondary N) is 1. The van der Waals surface area contributed by atoms with Crippen molar-refractivity contribution in [3.8, 4) is 0 Å². The molecule has 2 unspecified atom stereocenters. The van der Waals surface area contributed by atoms with Crippen molar-refractivity contribution in [1.82, 2.24) is 5.32 Å². The van der Waals surface area contributed by atoms with Crippen LogP contribution in [0, 0.1) is 0 Å². The standard InChI is InChI=1S/C50H91NO5/c1-3-5-7-9-11-13-15-18-22-26-30-34-38-42-48(53)47(46-52)51-49(54)43-39-35-31-27-23-20-17-21-25-29-33-37-41-45-56-50(55)44-40-36-32-28-24-19-16-14-12-10-8-6-4-2/h14,16,20,23,31,35,38,42,47-48,52-53H,3-13,15,17-19,21-22,24-30,32-34,36-37,39-41,43-46H2,1-2H3,(H,51,54)/b16-14-,23-20-,35-31-,42-38+. The number of hydrogen-bond acceptors (Lipinski definition) is 5. The molecule has 0 bridgehead atoms. The molecule has 0 aromatic carbocycles. The van der Waals surface area contributed by atoms with E-state index in [1.165, 1.54) is 148 Å². The SMILES string of the molecule is CCCCCC/C=C\CCCCCCCC(=O)OCCCCCCCC/C=C\C/C=C\CCC(=O)NC(CO)C(O)/C=C/CCCCCCCCCCCCC. The van der Waals surface area contributed by atoms with E-state index in [4.69, 9.17) is 4.74 Å². The number of carbonyl (C=O) groups excluding carboxylic acids is 2. The summed E-state index contributed by atoms with van der Waals surface area (Å²) in [4.78, 5) is 24.3. The quantitative estimate of drug-likeness (QED) is 0.0325. The molecule has 0 saturated carbocycles. The fraction of sp³-hybridized carbons (Fsp3) is 0.800. The maximum atomic E-state index is 12.3. The van der Waals surface area contributed by atoms with Gasteiger partial charge in [-0.25, -0.2) is 0 Å². The summed E-state index contributed by atoms with van der Waals surface area (Å²) in [6, 6.07) is -0.671. The molecule has 2 atom stereocenters. The van der Waals surface area contributed by atoms with Gasteiger partial charge in [-0.1, -0.05) is 191 Å². The van der Waals surface area contributed by atoms with E-state index >= 15 is 0 Å². The Morgan fingerprint density at radius 1 is 0.500 bits per heavy atom. The number of carbonyl (C=O) groups is 2. The topological polar surface area (TPSA) is 95.9 Å². The zero-order chi connectivity index (χ0) is 40.8. The van der Waals surface area contributed by atoms with Crippen LogP contribution < -0.4 is 5.32 Å². The Kier molecular flexibility index (Phi) is 43.7. The molecule has 3 N–H and O–H groups in total. The van der Waals surface area contributed by atoms with Crippen LogP contribution in [0.5, 0.6) is 0 Å². The molecule has 0 aliphatic carbocycles. The highest BCUT2D eigenvalue weighted by Gasteiger charge is 2.17. The Bertz CT molecular complexity index is 957. The molecular formula is C50H91NO5. The van der Waals surface area contributed by atoms with Gasteiger partial charge in [-0.15, -0.1) is 0 Å². The van der Waals surface area contributed by atoms with Gasteiger partial charge in [0.1, 0.15) is 0 Å². The number of hydrogen-bond donors (Lipinski definition) is 3. The van der Waals surface area contributed by atoms with Crippen LogP contribution in [0.4, 0.5) is 0 Å². The van der Waals surface area contributed by atoms with E-state index < -0.39 is 12.1 Å². The van der Waals surface area contributed by atoms with Crippen molar-refractivity contribution in [3.63, 3.8) is 0 Å². The largest absolute Gasteiger partial charge is 0.466 e. The Morgan fingerprint density at radius 2 is 0.911 bits per heavy atom. The third kappa shape index (κ3) is 41.5. The molecule has 1 amide bonds. The Morgan fingerprint density at radius 3 is 1.43 bits per heavy atom. The number of amides is 1. The smallest absolute Gasteiger partial charge is 0.305 e. The van der Waals surface area contributed by atoms with Gasteiger partial charge in [-0.2, -0.15) is 0 Å². The number of unbranched alkanes of at least 4 members (excludes halogenated alkanes) is 26. The number of aliphatic hydroxyl groups is 2. The molecule has 0 aliphatic rings. The van der Waals surface area contributed by atoms with Gasteiger partial charge >= 0.3 is 5.97 Å². The van der Waals surface area contributed by atoms with Crippen LogP contribution in [0.3, 0.4) is 0 Å². The maximum Gasteiger partial charge on any atom is 0.305 e. The summed E-state index contributed by atoms with van der Waals surface area (Å²) >= 11 is 0. The molecule has 0 aromatic rings. The number of aliphatic hydroxyl groups excluding tert-OH is 2. The van der Waals surface area contributed by atoms with Crippen molar-refractivity contribution >= 4 is 11.9 Å². The fourth-order valence-electron chi connectivity index (χ4n) is 6.85. The van der Waals surface area contributed by atoms with Crippen LogP contribution in [0.1, 0.15) is 232 Å². The second kappa shape index (κ2) is 45.5. The summed E-state index contributed by atoms with van der Waals surface area (Å²) in [6.07, 6.45) is 55.4. The summed E-state index contributed by atoms with van der Waals surface area (Å²) in [5, 5.41) is 22.9. The zero-order valence-electron chi connectivity index (χ0n) is 36.8. The third-order valence-corrected chi connectivity index (χ3v) is 10.6. The molecule has 0 fully saturated rings. The van der Waals surface area contributed by atoms with Crippen LogP contribution in [0.2, 0.25) is 0 Å². The van der Waals surface area contributed by atoms with Crippen molar-refractivity contribution in [2.24, 2.45) is 0 Å². The first-order valence-corrected chi connectivity index (χ1v) is 23.9. The van der Waals surface area contributed by atoms with E-state index in [-0.39, 0.29) is 18.5 Å². The molecule has 6 heteroatoms. The molecule has 0 aliphatic heterocycles. The predicted molar refractivity (Wildman–Crippen MR) is 241 cm³/mol. The Labute approximate surface area is 346 Å². The Balaban J connectivity index is 3.61. The highest BCUT2D eigenvalue weighted by molar-refractivity contribution is 5.76. The van der Waals surface area contributed by atoms with Crippen molar-refractivity contribution in [2.75, 3.05) is 13.2 Å². The highest BCUT2D eigenvalue weighted by Crippen LogP contribution is 2.14. The number of ether oxygens (including phenoxy) is 1. The Hall–Kier alpha value is -2.18. The minimum absolute atomic E-state index is 0.0290. The van der Waals surface area contributed by atoms with Gasteiger partial charge in [-0.05, 0) is 77.0 Å². The van der Waals surface area contributed by atoms with Crippen LogP contribution in [-0.4, -0.2) is 47.4 Å². The summed E-state index contributed by atoms with van der Waals surface area (Å²) < 4.78 is 5.43. The van der Waals surface area contributed by atoms with E-state index in [9.17, 15) is 19.8 Å². The van der Waals surface area contributed by atoms with Gasteiger partial charge in [0.05, 0.1) is 25.4 Å². The molecule has 326 valence electrons. The van der Waals surface area contributed by atoms with Crippen LogP contribution in [-0.2, 0) is 14.3 Å². The lowest BCUT2D eigenvalue weighted by molar-refractivity contribution is -0.143. The summed E-state index contributed by atoms with van der Waals surface area (Å²) in [5.74, 6) is -0.180. The third-order valence-electron chi connectivity index (χ3n) is 10.6. The van der Waals surface area contributed by atoms with E-state index in [0.29, 0.717) is 25.9 Å². The van der Waals surface area contributed by atoms with Crippen LogP contribution in [0.15, 0.2) is 48.6 Å². The van der Waals surface area contributed by atoms with E-state index in [1.807, 2.05) is 12.2 Å². The number of esters is 1. The van der Waals surface area contributed by atoms with Crippen molar-refractivity contribution in [2.45, 2.75) is 244 Å². The molecular weight excluding hydrogens is 695 g/mol. The monoisotopic (exact) mass is 786 g/mol. The molecule has 0 spiro atoms. The second-order valence-corrected chi connectivity index (χ2v) is 16.1. The molecule has 0 heterocycles. The summed E-state index contributed by atoms with van der Waals surface area (Å²) in [7, 11) is 0. The first-order valence-electron chi connectivity index (χ1n) is 23.9. The average molecular weight is 786 g/mol. The summed E-state index contributed by atoms with van der Waals surface area (Å²) in [6.45, 7) is 4.79. The molecule has 0 saturated heterocycles. The zero-order valence-corrected chi connectivity index (χ0v) is 36.8. The van der Waals surface area contributed by atoms with E-state index in [1.54, 1.807) is 6.08 Å². The van der Waals surface area contributed by atoms with Crippen molar-refractivity contribution < 1.29 is 24.5 Å². The van der Waals surface area contributed by atoms with Crippen molar-refractivity contribution in [1.29, 1.82) is 0 Å². The fourth-order valence-corrected chi connectivity index (χ4v) is 6.85. The minimum Gasteiger partial charge on any atom is -0.466 e. The van der Waals surface area contributed by atoms with Gasteiger partial charge < -0.3 is 20.3 Å². The molecule has 56 heavy (non-hydrogen) atoms. The lowest BCUT2D eigenvalue weighted by Gasteiger charge is -2.19. The number of allylic oxidation sites excluding steroid dienone is 7. The lowest BCUT2D eigenvalue weighted by atomic mass is 10.0. The van der Waals surface area contributed by atoms with Crippen molar-refractivity contribution in [3.05, 3.63) is 48.6 Å². The van der Waals surface area contributed by atoms with E-state index in [0.717, 1.165) is 51.4 Å². The summed E-state index contributed by atoms with van der Waals surface area (Å²) in [5.41, 5.74) is 0. The number of rotatable bonds is 43. The predicted octanol–water partition coefficient (Wildman–Crippen LogP) is 13.9. The first-order chi connectivity index (χ1) is 27.5.